The summed E-state index contributed by atoms with van der Waals surface area (Å²) in [5, 5.41) is 23.9. The van der Waals surface area contributed by atoms with Crippen LogP contribution in [0.1, 0.15) is 11.1 Å². The third-order valence-electron chi connectivity index (χ3n) is 2.96. The molecule has 0 fully saturated rings. The van der Waals surface area contributed by atoms with Gasteiger partial charge in [0.2, 0.25) is 0 Å². The minimum absolute atomic E-state index is 0.0279. The predicted molar refractivity (Wildman–Crippen MR) is 92.8 cm³/mol. The summed E-state index contributed by atoms with van der Waals surface area (Å²) < 4.78 is 39.9. The van der Waals surface area contributed by atoms with E-state index in [1.165, 1.54) is 18.3 Å². The van der Waals surface area contributed by atoms with Gasteiger partial charge in [0, 0.05) is 12.1 Å². The molecule has 0 bridgehead atoms. The number of alkyl halides is 3. The second kappa shape index (κ2) is 7.40. The number of hydrazone groups is 1. The fourth-order valence-corrected chi connectivity index (χ4v) is 3.04. The Hall–Kier alpha value is -2.14. The Morgan fingerprint density at radius 2 is 1.80 bits per heavy atom. The molecule has 6 nitrogen and oxygen atoms in total. The first-order valence-corrected chi connectivity index (χ1v) is 8.01. The average molecular weight is 483 g/mol. The number of hydrogen-bond acceptors (Lipinski definition) is 5. The maximum atomic E-state index is 13.0. The Bertz CT molecular complexity index is 834. The molecular weight excluding hydrogens is 475 g/mol. The highest BCUT2D eigenvalue weighted by atomic mass is 79.9. The smallest absolute Gasteiger partial charge is 0.418 e. The van der Waals surface area contributed by atoms with Crippen molar-refractivity contribution in [3.05, 3.63) is 60.5 Å². The molecule has 0 saturated carbocycles. The number of anilines is 1. The SMILES string of the molecule is O=[N+]([O-])c1ccc(N/N=C/c2cc(Br)c(O)c(Br)c2)c(C(F)(F)F)c1. The number of nitro groups is 1. The molecule has 0 radical (unpaired) electrons. The number of hydrogen-bond donors (Lipinski definition) is 2. The van der Waals surface area contributed by atoms with E-state index >= 15 is 0 Å². The summed E-state index contributed by atoms with van der Waals surface area (Å²) in [4.78, 5) is 9.73. The van der Waals surface area contributed by atoms with Crippen LogP contribution in [0.15, 0.2) is 44.4 Å². The molecule has 0 aliphatic heterocycles. The molecule has 0 amide bonds. The Labute approximate surface area is 155 Å². The molecule has 0 unspecified atom stereocenters. The zero-order valence-corrected chi connectivity index (χ0v) is 15.2. The molecule has 132 valence electrons. The lowest BCUT2D eigenvalue weighted by atomic mass is 10.1. The van der Waals surface area contributed by atoms with Crippen LogP contribution < -0.4 is 5.43 Å². The molecule has 0 heterocycles. The first-order chi connectivity index (χ1) is 11.6. The molecule has 2 aromatic rings. The molecule has 0 spiro atoms. The van der Waals surface area contributed by atoms with Crippen LogP contribution in [-0.2, 0) is 6.18 Å². The van der Waals surface area contributed by atoms with E-state index in [0.29, 0.717) is 20.6 Å². The highest BCUT2D eigenvalue weighted by Gasteiger charge is 2.35. The third-order valence-corrected chi connectivity index (χ3v) is 4.17. The quantitative estimate of drug-likeness (QED) is 0.352. The van der Waals surface area contributed by atoms with Crippen LogP contribution in [0, 0.1) is 10.1 Å². The van der Waals surface area contributed by atoms with E-state index in [2.05, 4.69) is 42.4 Å². The van der Waals surface area contributed by atoms with Crippen LogP contribution in [0.2, 0.25) is 0 Å². The molecule has 0 aromatic heterocycles. The van der Waals surface area contributed by atoms with Crippen LogP contribution >= 0.6 is 31.9 Å². The van der Waals surface area contributed by atoms with Crippen molar-refractivity contribution < 1.29 is 23.2 Å². The summed E-state index contributed by atoms with van der Waals surface area (Å²) in [6.07, 6.45) is -3.55. The van der Waals surface area contributed by atoms with E-state index in [4.69, 9.17) is 0 Å². The van der Waals surface area contributed by atoms with Gasteiger partial charge in [-0.05, 0) is 55.6 Å². The van der Waals surface area contributed by atoms with E-state index < -0.39 is 28.0 Å². The van der Waals surface area contributed by atoms with Crippen molar-refractivity contribution in [2.45, 2.75) is 6.18 Å². The molecule has 0 saturated heterocycles. The van der Waals surface area contributed by atoms with Gasteiger partial charge in [-0.1, -0.05) is 0 Å². The molecule has 2 rings (SSSR count). The summed E-state index contributed by atoms with van der Waals surface area (Å²) in [5.41, 5.74) is 0.408. The molecule has 0 aliphatic rings. The van der Waals surface area contributed by atoms with Gasteiger partial charge in [0.15, 0.2) is 0 Å². The van der Waals surface area contributed by atoms with Crippen molar-refractivity contribution in [2.24, 2.45) is 5.10 Å². The van der Waals surface area contributed by atoms with Crippen LogP contribution in [-0.4, -0.2) is 16.2 Å². The number of halogens is 5. The number of nitro benzene ring substituents is 1. The van der Waals surface area contributed by atoms with Crippen molar-refractivity contribution in [2.75, 3.05) is 5.43 Å². The van der Waals surface area contributed by atoms with Crippen LogP contribution in [0.4, 0.5) is 24.5 Å². The summed E-state index contributed by atoms with van der Waals surface area (Å²) in [6.45, 7) is 0. The van der Waals surface area contributed by atoms with Gasteiger partial charge in [0.05, 0.1) is 31.3 Å². The molecular formula is C14H8Br2F3N3O3. The Balaban J connectivity index is 2.30. The number of rotatable bonds is 4. The zero-order valence-electron chi connectivity index (χ0n) is 12.0. The summed E-state index contributed by atoms with van der Waals surface area (Å²) >= 11 is 6.24. The van der Waals surface area contributed by atoms with Crippen LogP contribution in [0.25, 0.3) is 0 Å². The molecule has 25 heavy (non-hydrogen) atoms. The average Bonchev–Trinajstić information content (AvgIpc) is 2.51. The van der Waals surface area contributed by atoms with Gasteiger partial charge in [0.1, 0.15) is 5.75 Å². The topological polar surface area (TPSA) is 87.8 Å². The van der Waals surface area contributed by atoms with E-state index in [9.17, 15) is 28.4 Å². The normalized spacial score (nSPS) is 11.7. The van der Waals surface area contributed by atoms with Gasteiger partial charge in [0.25, 0.3) is 5.69 Å². The predicted octanol–water partition coefficient (Wildman–Crippen LogP) is 5.29. The largest absolute Gasteiger partial charge is 0.506 e. The first-order valence-electron chi connectivity index (χ1n) is 6.42. The number of benzene rings is 2. The lowest BCUT2D eigenvalue weighted by Crippen LogP contribution is -2.09. The first kappa shape index (κ1) is 19.2. The second-order valence-corrected chi connectivity index (χ2v) is 6.40. The van der Waals surface area contributed by atoms with Crippen molar-refractivity contribution in [3.8, 4) is 5.75 Å². The van der Waals surface area contributed by atoms with Crippen molar-refractivity contribution in [1.29, 1.82) is 0 Å². The maximum absolute atomic E-state index is 13.0. The second-order valence-electron chi connectivity index (χ2n) is 4.69. The van der Waals surface area contributed by atoms with Gasteiger partial charge < -0.3 is 5.11 Å². The molecule has 2 aromatic carbocycles. The number of aromatic hydroxyl groups is 1. The van der Waals surface area contributed by atoms with Gasteiger partial charge >= 0.3 is 6.18 Å². The van der Waals surface area contributed by atoms with E-state index in [1.807, 2.05) is 0 Å². The monoisotopic (exact) mass is 481 g/mol. The Kier molecular flexibility index (Phi) is 5.68. The lowest BCUT2D eigenvalue weighted by molar-refractivity contribution is -0.385. The lowest BCUT2D eigenvalue weighted by Gasteiger charge is -2.11. The number of non-ortho nitro benzene ring substituents is 1. The highest BCUT2D eigenvalue weighted by molar-refractivity contribution is 9.11. The van der Waals surface area contributed by atoms with E-state index in [0.717, 1.165) is 12.1 Å². The van der Waals surface area contributed by atoms with Gasteiger partial charge in [-0.15, -0.1) is 0 Å². The summed E-state index contributed by atoms with van der Waals surface area (Å²) in [5.74, 6) is -0.0279. The Morgan fingerprint density at radius 1 is 1.20 bits per heavy atom. The van der Waals surface area contributed by atoms with Crippen LogP contribution in [0.3, 0.4) is 0 Å². The zero-order chi connectivity index (χ0) is 18.8. The van der Waals surface area contributed by atoms with Crippen molar-refractivity contribution in [3.63, 3.8) is 0 Å². The van der Waals surface area contributed by atoms with E-state index in [1.54, 1.807) is 0 Å². The molecule has 0 atom stereocenters. The number of phenols is 1. The highest BCUT2D eigenvalue weighted by Crippen LogP contribution is 2.37. The summed E-state index contributed by atoms with van der Waals surface area (Å²) in [6, 6.07) is 5.32. The van der Waals surface area contributed by atoms with Crippen molar-refractivity contribution >= 4 is 49.4 Å². The van der Waals surface area contributed by atoms with Crippen molar-refractivity contribution in [1.82, 2.24) is 0 Å². The molecule has 0 aliphatic carbocycles. The molecule has 11 heteroatoms. The third kappa shape index (κ3) is 4.69. The minimum atomic E-state index is -4.78. The minimum Gasteiger partial charge on any atom is -0.506 e. The fraction of sp³-hybridized carbons (Fsp3) is 0.0714. The van der Waals surface area contributed by atoms with Gasteiger partial charge in [-0.3, -0.25) is 15.5 Å². The Morgan fingerprint density at radius 3 is 2.32 bits per heavy atom. The van der Waals surface area contributed by atoms with Gasteiger partial charge in [-0.2, -0.15) is 18.3 Å². The fourth-order valence-electron chi connectivity index (χ4n) is 1.81. The number of nitrogens with zero attached hydrogens (tertiary/aromatic N) is 2. The van der Waals surface area contributed by atoms with Crippen LogP contribution in [0.5, 0.6) is 5.75 Å². The van der Waals surface area contributed by atoms with Gasteiger partial charge in [-0.25, -0.2) is 0 Å². The molecule has 2 N–H and O–H groups in total. The standard InChI is InChI=1S/C14H8Br2F3N3O3/c15-10-3-7(4-11(16)13(10)23)6-20-21-12-2-1-8(22(24)25)5-9(12)14(17,18)19/h1-6,21,23H/b20-6+. The number of phenolic OH excluding ortho intramolecular Hbond substituents is 1. The number of nitrogens with one attached hydrogen (secondary N) is 1. The maximum Gasteiger partial charge on any atom is 0.418 e. The van der Waals surface area contributed by atoms with E-state index in [-0.39, 0.29) is 5.75 Å². The summed E-state index contributed by atoms with van der Waals surface area (Å²) in [7, 11) is 0.